The molecule has 0 saturated heterocycles. The van der Waals surface area contributed by atoms with Crippen molar-refractivity contribution in [3.8, 4) is 0 Å². The molecule has 1 amide bonds. The van der Waals surface area contributed by atoms with E-state index in [1.807, 2.05) is 0 Å². The van der Waals surface area contributed by atoms with Crippen LogP contribution in [0.4, 0.5) is 0 Å². The topological polar surface area (TPSA) is 47.6 Å². The highest BCUT2D eigenvalue weighted by Gasteiger charge is 2.59. The molecule has 5 heteroatoms. The largest absolute Gasteiger partial charge is 0.377 e. The zero-order chi connectivity index (χ0) is 27.3. The van der Waals surface area contributed by atoms with Crippen LogP contribution in [0.25, 0.3) is 0 Å². The number of halogens is 1. The summed E-state index contributed by atoms with van der Waals surface area (Å²) in [5.74, 6) is 5.35. The molecule has 8 atom stereocenters. The van der Waals surface area contributed by atoms with E-state index in [4.69, 9.17) is 9.47 Å². The molecule has 4 rings (SSSR count). The lowest BCUT2D eigenvalue weighted by molar-refractivity contribution is -0.118. The Morgan fingerprint density at radius 3 is 2.63 bits per heavy atom. The van der Waals surface area contributed by atoms with E-state index in [9.17, 15) is 4.79 Å². The van der Waals surface area contributed by atoms with E-state index in [-0.39, 0.29) is 5.91 Å². The summed E-state index contributed by atoms with van der Waals surface area (Å²) in [6, 6.07) is 0. The summed E-state index contributed by atoms with van der Waals surface area (Å²) in [7, 11) is 0. The minimum atomic E-state index is 0.0000929. The van der Waals surface area contributed by atoms with Crippen LogP contribution in [-0.4, -0.2) is 43.7 Å². The number of nitrogens with one attached hydrogen (secondary N) is 1. The van der Waals surface area contributed by atoms with Crippen molar-refractivity contribution in [2.24, 2.45) is 46.3 Å². The molecule has 3 saturated carbocycles. The quantitative estimate of drug-likeness (QED) is 0.134. The number of amides is 1. The van der Waals surface area contributed by atoms with Gasteiger partial charge in [0.1, 0.15) is 0 Å². The van der Waals surface area contributed by atoms with Gasteiger partial charge in [0.15, 0.2) is 0 Å². The van der Waals surface area contributed by atoms with Crippen LogP contribution in [0.3, 0.4) is 0 Å². The number of fused-ring (bicyclic) bond motifs is 5. The average molecular weight is 595 g/mol. The summed E-state index contributed by atoms with van der Waals surface area (Å²) in [6.45, 7) is 15.0. The van der Waals surface area contributed by atoms with E-state index in [0.717, 1.165) is 41.9 Å². The number of rotatable bonds is 13. The Morgan fingerprint density at radius 2 is 1.87 bits per heavy atom. The molecule has 0 heterocycles. The minimum Gasteiger partial charge on any atom is -0.377 e. The average Bonchev–Trinajstić information content (AvgIpc) is 3.25. The number of hydrogen-bond donors (Lipinski definition) is 1. The molecule has 0 aliphatic heterocycles. The van der Waals surface area contributed by atoms with Crippen molar-refractivity contribution in [1.82, 2.24) is 5.32 Å². The Bertz CT molecular complexity index is 814. The predicted molar refractivity (Wildman–Crippen MR) is 160 cm³/mol. The van der Waals surface area contributed by atoms with Gasteiger partial charge in [0.2, 0.25) is 5.91 Å². The van der Waals surface area contributed by atoms with Gasteiger partial charge in [0.05, 0.1) is 31.3 Å². The van der Waals surface area contributed by atoms with Crippen LogP contribution in [0.2, 0.25) is 0 Å². The first kappa shape index (κ1) is 30.6. The fourth-order valence-electron chi connectivity index (χ4n) is 9.48. The lowest BCUT2D eigenvalue weighted by atomic mass is 9.47. The minimum absolute atomic E-state index is 0.0000929. The molecule has 218 valence electrons. The monoisotopic (exact) mass is 593 g/mol. The first-order valence-electron chi connectivity index (χ1n) is 15.9. The van der Waals surface area contributed by atoms with Gasteiger partial charge >= 0.3 is 0 Å². The summed E-state index contributed by atoms with van der Waals surface area (Å²) >= 11 is 3.15. The Kier molecular flexibility index (Phi) is 10.9. The molecule has 0 aromatic rings. The third kappa shape index (κ3) is 6.73. The van der Waals surface area contributed by atoms with Gasteiger partial charge in [-0.2, -0.15) is 0 Å². The van der Waals surface area contributed by atoms with Crippen molar-refractivity contribution < 1.29 is 14.3 Å². The molecule has 4 nitrogen and oxygen atoms in total. The van der Waals surface area contributed by atoms with Gasteiger partial charge in [-0.15, -0.1) is 0 Å². The van der Waals surface area contributed by atoms with Crippen LogP contribution < -0.4 is 5.32 Å². The molecule has 0 radical (unpaired) electrons. The second-order valence-corrected chi connectivity index (χ2v) is 14.7. The second kappa shape index (κ2) is 13.5. The third-order valence-corrected chi connectivity index (χ3v) is 12.0. The van der Waals surface area contributed by atoms with Crippen LogP contribution in [-0.2, 0) is 14.3 Å². The van der Waals surface area contributed by atoms with Crippen molar-refractivity contribution in [2.75, 3.05) is 31.7 Å². The van der Waals surface area contributed by atoms with Crippen molar-refractivity contribution in [3.63, 3.8) is 0 Å². The standard InChI is InChI=1S/C33H56BrNO3/c1-23(2)7-6-8-24(3)28-11-12-29-27-10-9-25-21-26(38-20-19-37-18-17-35-31(36)22-34)13-15-32(25,4)30(27)14-16-33(28,29)5/h9,23-24,26-30H,6-8,10-22H2,1-5H3,(H,35,36)/t24-,26+,27+,28?,29+,30+,32+,33-/m1/s1. The van der Waals surface area contributed by atoms with Gasteiger partial charge in [0.25, 0.3) is 0 Å². The first-order valence-corrected chi connectivity index (χ1v) is 17.0. The van der Waals surface area contributed by atoms with Gasteiger partial charge < -0.3 is 14.8 Å². The van der Waals surface area contributed by atoms with Crippen LogP contribution in [0.15, 0.2) is 11.6 Å². The third-order valence-electron chi connectivity index (χ3n) is 11.5. The van der Waals surface area contributed by atoms with Crippen LogP contribution in [0, 0.1) is 46.3 Å². The van der Waals surface area contributed by atoms with Gasteiger partial charge in [-0.05, 0) is 97.7 Å². The molecule has 0 aromatic heterocycles. The van der Waals surface area contributed by atoms with Crippen molar-refractivity contribution in [3.05, 3.63) is 11.6 Å². The predicted octanol–water partition coefficient (Wildman–Crippen LogP) is 7.94. The molecule has 0 bridgehead atoms. The smallest absolute Gasteiger partial charge is 0.230 e. The van der Waals surface area contributed by atoms with E-state index < -0.39 is 0 Å². The summed E-state index contributed by atoms with van der Waals surface area (Å²) in [5, 5.41) is 3.15. The number of hydrogen-bond acceptors (Lipinski definition) is 3. The van der Waals surface area contributed by atoms with Crippen molar-refractivity contribution >= 4 is 21.8 Å². The van der Waals surface area contributed by atoms with Crippen molar-refractivity contribution in [2.45, 2.75) is 111 Å². The molecule has 0 aromatic carbocycles. The fraction of sp³-hybridized carbons (Fsp3) is 0.909. The second-order valence-electron chi connectivity index (χ2n) is 14.1. The number of carbonyl (C=O) groups is 1. The maximum Gasteiger partial charge on any atom is 0.230 e. The Morgan fingerprint density at radius 1 is 1.05 bits per heavy atom. The number of ether oxygens (including phenoxy) is 2. The molecular weight excluding hydrogens is 538 g/mol. The lowest BCUT2D eigenvalue weighted by Gasteiger charge is -2.58. The Labute approximate surface area is 242 Å². The van der Waals surface area contributed by atoms with E-state index in [2.05, 4.69) is 61.9 Å². The molecule has 4 aliphatic rings. The van der Waals surface area contributed by atoms with E-state index >= 15 is 0 Å². The number of carbonyl (C=O) groups excluding carboxylic acids is 1. The molecule has 1 N–H and O–H groups in total. The molecular formula is C33H56BrNO3. The molecule has 3 fully saturated rings. The fourth-order valence-corrected chi connectivity index (χ4v) is 9.68. The maximum absolute atomic E-state index is 11.3. The van der Waals surface area contributed by atoms with Gasteiger partial charge in [-0.1, -0.05) is 81.5 Å². The molecule has 38 heavy (non-hydrogen) atoms. The molecule has 4 aliphatic carbocycles. The maximum atomic E-state index is 11.3. The number of allylic oxidation sites excluding steroid dienone is 1. The lowest BCUT2D eigenvalue weighted by Crippen LogP contribution is -2.51. The highest BCUT2D eigenvalue weighted by Crippen LogP contribution is 2.67. The Balaban J connectivity index is 1.27. The van der Waals surface area contributed by atoms with E-state index in [1.54, 1.807) is 5.57 Å². The normalized spacial score (nSPS) is 37.2. The summed E-state index contributed by atoms with van der Waals surface area (Å²) < 4.78 is 11.9. The van der Waals surface area contributed by atoms with E-state index in [1.165, 1.54) is 64.2 Å². The van der Waals surface area contributed by atoms with Crippen LogP contribution >= 0.6 is 15.9 Å². The van der Waals surface area contributed by atoms with E-state index in [0.29, 0.717) is 48.6 Å². The number of alkyl halides is 1. The van der Waals surface area contributed by atoms with Crippen LogP contribution in [0.5, 0.6) is 0 Å². The van der Waals surface area contributed by atoms with Gasteiger partial charge in [-0.3, -0.25) is 4.79 Å². The summed E-state index contributed by atoms with van der Waals surface area (Å²) in [5.41, 5.74) is 2.65. The first-order chi connectivity index (χ1) is 18.2. The Hall–Kier alpha value is -0.390. The SMILES string of the molecule is CC(C)CCC[C@@H](C)C1CC[C@H]2[C@@H]3CC=C4C[C@@H](OCCOCCNC(=O)CBr)CC[C@]4(C)[C@H]3CC[C@]12C. The van der Waals surface area contributed by atoms with Gasteiger partial charge in [-0.25, -0.2) is 0 Å². The molecule has 1 unspecified atom stereocenters. The van der Waals surface area contributed by atoms with Crippen LogP contribution in [0.1, 0.15) is 105 Å². The zero-order valence-electron chi connectivity index (χ0n) is 25.0. The highest BCUT2D eigenvalue weighted by molar-refractivity contribution is 9.09. The summed E-state index contributed by atoms with van der Waals surface area (Å²) in [4.78, 5) is 11.3. The zero-order valence-corrected chi connectivity index (χ0v) is 26.6. The molecule has 0 spiro atoms. The van der Waals surface area contributed by atoms with Crippen molar-refractivity contribution in [1.29, 1.82) is 0 Å². The van der Waals surface area contributed by atoms with Gasteiger partial charge in [0, 0.05) is 6.54 Å². The highest BCUT2D eigenvalue weighted by atomic mass is 79.9. The summed E-state index contributed by atoms with van der Waals surface area (Å²) in [6.07, 6.45) is 17.9.